The van der Waals surface area contributed by atoms with Gasteiger partial charge in [-0.25, -0.2) is 4.98 Å². The summed E-state index contributed by atoms with van der Waals surface area (Å²) in [6, 6.07) is 5.10. The Kier molecular flexibility index (Phi) is 5.70. The second-order valence-corrected chi connectivity index (χ2v) is 7.75. The maximum absolute atomic E-state index is 12.1. The number of nitrogens with one attached hydrogen (secondary N) is 2. The first-order valence-corrected chi connectivity index (χ1v) is 9.72. The highest BCUT2D eigenvalue weighted by Gasteiger charge is 2.08. The van der Waals surface area contributed by atoms with E-state index < -0.39 is 0 Å². The Hall–Kier alpha value is -1.64. The molecule has 0 saturated carbocycles. The molecule has 2 N–H and O–H groups in total. The number of aromatic nitrogens is 4. The summed E-state index contributed by atoms with van der Waals surface area (Å²) in [6.07, 6.45) is 2.24. The number of H-pyrrole nitrogens is 1. The van der Waals surface area contributed by atoms with E-state index in [-0.39, 0.29) is 5.56 Å². The maximum atomic E-state index is 12.1. The average Bonchev–Trinajstić information content (AvgIpc) is 3.02. The molecule has 24 heavy (non-hydrogen) atoms. The first-order chi connectivity index (χ1) is 11.7. The van der Waals surface area contributed by atoms with E-state index in [0.29, 0.717) is 27.5 Å². The molecule has 3 aromatic rings. The Morgan fingerprint density at radius 3 is 3.08 bits per heavy atom. The number of benzene rings is 1. The SMILES string of the molecule is CCCCNc1nnc(SCc2nc3ccc(Cl)cc3c(=O)[nH]2)s1. The van der Waals surface area contributed by atoms with Crippen molar-refractivity contribution in [3.8, 4) is 0 Å². The van der Waals surface area contributed by atoms with Gasteiger partial charge in [0.25, 0.3) is 5.56 Å². The van der Waals surface area contributed by atoms with Gasteiger partial charge in [0.2, 0.25) is 5.13 Å². The zero-order valence-electron chi connectivity index (χ0n) is 13.0. The average molecular weight is 382 g/mol. The number of aromatic amines is 1. The molecular weight excluding hydrogens is 366 g/mol. The molecule has 0 amide bonds. The largest absolute Gasteiger partial charge is 0.360 e. The van der Waals surface area contributed by atoms with Crippen LogP contribution in [-0.2, 0) is 5.75 Å². The summed E-state index contributed by atoms with van der Waals surface area (Å²) in [4.78, 5) is 19.4. The zero-order valence-corrected chi connectivity index (χ0v) is 15.4. The molecule has 0 aliphatic carbocycles. The van der Waals surface area contributed by atoms with Gasteiger partial charge in [0.15, 0.2) is 4.34 Å². The number of unbranched alkanes of at least 4 members (excludes halogenated alkanes) is 1. The summed E-state index contributed by atoms with van der Waals surface area (Å²) >= 11 is 8.92. The van der Waals surface area contributed by atoms with Gasteiger partial charge in [-0.3, -0.25) is 4.79 Å². The monoisotopic (exact) mass is 381 g/mol. The minimum Gasteiger partial charge on any atom is -0.360 e. The molecule has 6 nitrogen and oxygen atoms in total. The first-order valence-electron chi connectivity index (χ1n) is 7.54. The van der Waals surface area contributed by atoms with Gasteiger partial charge < -0.3 is 10.3 Å². The smallest absolute Gasteiger partial charge is 0.258 e. The molecule has 0 aliphatic heterocycles. The van der Waals surface area contributed by atoms with Crippen molar-refractivity contribution in [2.24, 2.45) is 0 Å². The lowest BCUT2D eigenvalue weighted by Gasteiger charge is -2.02. The van der Waals surface area contributed by atoms with E-state index in [1.807, 2.05) is 0 Å². The van der Waals surface area contributed by atoms with Crippen molar-refractivity contribution in [1.82, 2.24) is 20.2 Å². The molecule has 126 valence electrons. The molecular formula is C15H16ClN5OS2. The third kappa shape index (κ3) is 4.25. The highest BCUT2D eigenvalue weighted by atomic mass is 35.5. The highest BCUT2D eigenvalue weighted by Crippen LogP contribution is 2.27. The molecule has 2 heterocycles. The molecule has 0 unspecified atom stereocenters. The van der Waals surface area contributed by atoms with E-state index in [4.69, 9.17) is 11.6 Å². The van der Waals surface area contributed by atoms with Gasteiger partial charge in [-0.1, -0.05) is 48.0 Å². The van der Waals surface area contributed by atoms with E-state index in [9.17, 15) is 4.79 Å². The van der Waals surface area contributed by atoms with Crippen molar-refractivity contribution in [3.05, 3.63) is 39.4 Å². The Morgan fingerprint density at radius 1 is 1.38 bits per heavy atom. The van der Waals surface area contributed by atoms with Crippen molar-refractivity contribution in [1.29, 1.82) is 0 Å². The molecule has 0 saturated heterocycles. The standard InChI is InChI=1S/C15H16ClN5OS2/c1-2-3-6-17-14-20-21-15(24-14)23-8-12-18-11-5-4-9(16)7-10(11)13(22)19-12/h4-5,7H,2-3,6,8H2,1H3,(H,17,20)(H,18,19,22). The molecule has 0 bridgehead atoms. The van der Waals surface area contributed by atoms with Gasteiger partial charge in [-0.2, -0.15) is 0 Å². The van der Waals surface area contributed by atoms with Gasteiger partial charge in [0.05, 0.1) is 16.7 Å². The Labute approximate surface area is 152 Å². The minimum absolute atomic E-state index is 0.183. The number of halogens is 1. The van der Waals surface area contributed by atoms with Crippen LogP contribution in [0.4, 0.5) is 5.13 Å². The number of nitrogens with zero attached hydrogens (tertiary/aromatic N) is 3. The van der Waals surface area contributed by atoms with Crippen LogP contribution in [0.5, 0.6) is 0 Å². The van der Waals surface area contributed by atoms with Crippen molar-refractivity contribution in [2.75, 3.05) is 11.9 Å². The van der Waals surface area contributed by atoms with Gasteiger partial charge in [-0.05, 0) is 24.6 Å². The van der Waals surface area contributed by atoms with E-state index in [1.54, 1.807) is 18.2 Å². The molecule has 0 spiro atoms. The van der Waals surface area contributed by atoms with Crippen molar-refractivity contribution in [3.63, 3.8) is 0 Å². The quantitative estimate of drug-likeness (QED) is 0.476. The molecule has 0 radical (unpaired) electrons. The Morgan fingerprint density at radius 2 is 2.25 bits per heavy atom. The third-order valence-electron chi connectivity index (χ3n) is 3.26. The lowest BCUT2D eigenvalue weighted by Crippen LogP contribution is -2.11. The van der Waals surface area contributed by atoms with Crippen LogP contribution in [0.15, 0.2) is 27.3 Å². The fraction of sp³-hybridized carbons (Fsp3) is 0.333. The maximum Gasteiger partial charge on any atom is 0.258 e. The second-order valence-electron chi connectivity index (χ2n) is 5.12. The minimum atomic E-state index is -0.183. The normalized spacial score (nSPS) is 11.1. The molecule has 2 aromatic heterocycles. The number of anilines is 1. The van der Waals surface area contributed by atoms with Gasteiger partial charge in [0, 0.05) is 11.6 Å². The topological polar surface area (TPSA) is 83.6 Å². The van der Waals surface area contributed by atoms with Crippen LogP contribution in [0.2, 0.25) is 5.02 Å². The number of fused-ring (bicyclic) bond motifs is 1. The predicted molar refractivity (Wildman–Crippen MR) is 100 cm³/mol. The third-order valence-corrected chi connectivity index (χ3v) is 5.52. The summed E-state index contributed by atoms with van der Waals surface area (Å²) in [5, 5.41) is 13.3. The fourth-order valence-electron chi connectivity index (χ4n) is 2.07. The first kappa shape index (κ1) is 17.2. The van der Waals surface area contributed by atoms with Crippen LogP contribution in [0.3, 0.4) is 0 Å². The number of hydrogen-bond acceptors (Lipinski definition) is 7. The molecule has 0 aliphatic rings. The lowest BCUT2D eigenvalue weighted by atomic mass is 10.2. The summed E-state index contributed by atoms with van der Waals surface area (Å²) in [7, 11) is 0. The highest BCUT2D eigenvalue weighted by molar-refractivity contribution is 8.00. The van der Waals surface area contributed by atoms with Crippen LogP contribution >= 0.6 is 34.7 Å². The fourth-order valence-corrected chi connectivity index (χ4v) is 3.89. The van der Waals surface area contributed by atoms with Crippen molar-refractivity contribution >= 4 is 50.7 Å². The molecule has 0 atom stereocenters. The van der Waals surface area contributed by atoms with Crippen LogP contribution in [0.1, 0.15) is 25.6 Å². The Balaban J connectivity index is 1.67. The van der Waals surface area contributed by atoms with E-state index in [1.165, 1.54) is 23.1 Å². The van der Waals surface area contributed by atoms with Crippen LogP contribution in [-0.4, -0.2) is 26.7 Å². The van der Waals surface area contributed by atoms with Crippen LogP contribution in [0.25, 0.3) is 10.9 Å². The lowest BCUT2D eigenvalue weighted by molar-refractivity contribution is 0.830. The molecule has 3 rings (SSSR count). The number of hydrogen-bond donors (Lipinski definition) is 2. The van der Waals surface area contributed by atoms with E-state index in [0.717, 1.165) is 28.9 Å². The van der Waals surface area contributed by atoms with Gasteiger partial charge in [0.1, 0.15) is 5.82 Å². The summed E-state index contributed by atoms with van der Waals surface area (Å²) in [5.41, 5.74) is 0.454. The summed E-state index contributed by atoms with van der Waals surface area (Å²) in [5.74, 6) is 1.13. The Bertz CT molecular complexity index is 895. The van der Waals surface area contributed by atoms with Gasteiger partial charge >= 0.3 is 0 Å². The van der Waals surface area contributed by atoms with Crippen LogP contribution in [0, 0.1) is 0 Å². The van der Waals surface area contributed by atoms with Crippen molar-refractivity contribution < 1.29 is 0 Å². The molecule has 9 heteroatoms. The summed E-state index contributed by atoms with van der Waals surface area (Å²) in [6.45, 7) is 3.05. The van der Waals surface area contributed by atoms with Crippen molar-refractivity contribution in [2.45, 2.75) is 29.9 Å². The van der Waals surface area contributed by atoms with Crippen LogP contribution < -0.4 is 10.9 Å². The second kappa shape index (κ2) is 7.96. The predicted octanol–water partition coefficient (Wildman–Crippen LogP) is 3.93. The zero-order chi connectivity index (χ0) is 16.9. The molecule has 1 aromatic carbocycles. The summed E-state index contributed by atoms with van der Waals surface area (Å²) < 4.78 is 0.841. The van der Waals surface area contributed by atoms with E-state index >= 15 is 0 Å². The number of thioether (sulfide) groups is 1. The molecule has 0 fully saturated rings. The van der Waals surface area contributed by atoms with E-state index in [2.05, 4.69) is 32.4 Å². The van der Waals surface area contributed by atoms with Gasteiger partial charge in [-0.15, -0.1) is 10.2 Å². The number of rotatable bonds is 7.